The van der Waals surface area contributed by atoms with Crippen molar-refractivity contribution < 1.29 is 9.90 Å². The van der Waals surface area contributed by atoms with Crippen LogP contribution in [0.15, 0.2) is 12.2 Å². The maximum atomic E-state index is 11.1. The van der Waals surface area contributed by atoms with E-state index in [1.54, 1.807) is 6.92 Å². The maximum absolute atomic E-state index is 11.1. The molecule has 11 heavy (non-hydrogen) atoms. The number of rotatable bonds is 4. The quantitative estimate of drug-likeness (QED) is 0.627. The molecule has 0 aromatic carbocycles. The van der Waals surface area contributed by atoms with Crippen LogP contribution in [0.5, 0.6) is 0 Å². The van der Waals surface area contributed by atoms with E-state index in [0.717, 1.165) is 5.57 Å². The van der Waals surface area contributed by atoms with E-state index in [1.807, 2.05) is 13.8 Å². The monoisotopic (exact) mass is 156 g/mol. The zero-order valence-corrected chi connectivity index (χ0v) is 7.42. The van der Waals surface area contributed by atoms with E-state index in [2.05, 4.69) is 6.58 Å². The smallest absolute Gasteiger partial charge is 0.165 e. The van der Waals surface area contributed by atoms with Gasteiger partial charge in [-0.25, -0.2) is 0 Å². The van der Waals surface area contributed by atoms with Crippen molar-refractivity contribution in [2.75, 3.05) is 0 Å². The van der Waals surface area contributed by atoms with Crippen LogP contribution in [0.2, 0.25) is 0 Å². The van der Waals surface area contributed by atoms with Gasteiger partial charge in [0.2, 0.25) is 0 Å². The van der Waals surface area contributed by atoms with E-state index in [4.69, 9.17) is 0 Å². The van der Waals surface area contributed by atoms with Crippen molar-refractivity contribution in [3.8, 4) is 0 Å². The molecule has 0 fully saturated rings. The van der Waals surface area contributed by atoms with E-state index in [1.165, 1.54) is 0 Å². The van der Waals surface area contributed by atoms with Crippen LogP contribution in [0.4, 0.5) is 0 Å². The Bertz CT molecular complexity index is 159. The molecule has 0 amide bonds. The fourth-order valence-electron chi connectivity index (χ4n) is 0.774. The number of carbonyl (C=O) groups is 1. The number of hydrogen-bond acceptors (Lipinski definition) is 2. The second kappa shape index (κ2) is 4.29. The van der Waals surface area contributed by atoms with Crippen LogP contribution in [0.25, 0.3) is 0 Å². The summed E-state index contributed by atoms with van der Waals surface area (Å²) in [7, 11) is 0. The molecule has 0 aliphatic rings. The summed E-state index contributed by atoms with van der Waals surface area (Å²) >= 11 is 0. The summed E-state index contributed by atoms with van der Waals surface area (Å²) in [6.45, 7) is 9.03. The van der Waals surface area contributed by atoms with E-state index < -0.39 is 6.10 Å². The SMILES string of the molecule is C=C(C)CC(=O)C(O)C(C)C. The first-order valence-electron chi connectivity index (χ1n) is 3.80. The molecular weight excluding hydrogens is 140 g/mol. The van der Waals surface area contributed by atoms with Crippen molar-refractivity contribution in [1.29, 1.82) is 0 Å². The minimum absolute atomic E-state index is 0.00171. The van der Waals surface area contributed by atoms with E-state index >= 15 is 0 Å². The number of allylic oxidation sites excluding steroid dienone is 1. The van der Waals surface area contributed by atoms with E-state index in [0.29, 0.717) is 6.42 Å². The Hall–Kier alpha value is -0.630. The van der Waals surface area contributed by atoms with Crippen molar-refractivity contribution in [2.24, 2.45) is 5.92 Å². The molecule has 0 saturated carbocycles. The molecule has 0 aliphatic carbocycles. The molecular formula is C9H16O2. The number of aliphatic hydroxyl groups excluding tert-OH is 1. The molecule has 0 aromatic rings. The largest absolute Gasteiger partial charge is 0.385 e. The molecule has 0 aromatic heterocycles. The van der Waals surface area contributed by atoms with Gasteiger partial charge in [0.1, 0.15) is 6.10 Å². The number of hydrogen-bond donors (Lipinski definition) is 1. The highest BCUT2D eigenvalue weighted by Crippen LogP contribution is 2.07. The molecule has 1 N–H and O–H groups in total. The van der Waals surface area contributed by atoms with Gasteiger partial charge in [0.15, 0.2) is 5.78 Å². The Morgan fingerprint density at radius 3 is 2.27 bits per heavy atom. The predicted octanol–water partition coefficient (Wildman–Crippen LogP) is 1.54. The topological polar surface area (TPSA) is 37.3 Å². The van der Waals surface area contributed by atoms with Crippen molar-refractivity contribution in [3.05, 3.63) is 12.2 Å². The summed E-state index contributed by atoms with van der Waals surface area (Å²) in [4.78, 5) is 11.1. The van der Waals surface area contributed by atoms with Gasteiger partial charge >= 0.3 is 0 Å². The van der Waals surface area contributed by atoms with Crippen molar-refractivity contribution >= 4 is 5.78 Å². The highest BCUT2D eigenvalue weighted by atomic mass is 16.3. The van der Waals surface area contributed by atoms with Gasteiger partial charge in [-0.15, -0.1) is 0 Å². The average Bonchev–Trinajstić information content (AvgIpc) is 1.84. The van der Waals surface area contributed by atoms with Crippen LogP contribution in [-0.4, -0.2) is 17.0 Å². The zero-order valence-electron chi connectivity index (χ0n) is 7.42. The summed E-state index contributed by atoms with van der Waals surface area (Å²) < 4.78 is 0. The molecule has 0 heterocycles. The second-order valence-corrected chi connectivity index (χ2v) is 3.29. The van der Waals surface area contributed by atoms with Gasteiger partial charge in [-0.3, -0.25) is 4.79 Å². The highest BCUT2D eigenvalue weighted by Gasteiger charge is 2.17. The Kier molecular flexibility index (Phi) is 4.04. The van der Waals surface area contributed by atoms with Gasteiger partial charge in [-0.2, -0.15) is 0 Å². The zero-order chi connectivity index (χ0) is 9.02. The van der Waals surface area contributed by atoms with Gasteiger partial charge in [0, 0.05) is 6.42 Å². The van der Waals surface area contributed by atoms with Crippen molar-refractivity contribution in [1.82, 2.24) is 0 Å². The van der Waals surface area contributed by atoms with Crippen molar-refractivity contribution in [2.45, 2.75) is 33.3 Å². The van der Waals surface area contributed by atoms with Crippen LogP contribution < -0.4 is 0 Å². The molecule has 0 saturated heterocycles. The minimum Gasteiger partial charge on any atom is -0.385 e. The van der Waals surface area contributed by atoms with Gasteiger partial charge in [0.05, 0.1) is 0 Å². The summed E-state index contributed by atoms with van der Waals surface area (Å²) in [6.07, 6.45) is -0.536. The molecule has 64 valence electrons. The van der Waals surface area contributed by atoms with Crippen molar-refractivity contribution in [3.63, 3.8) is 0 Å². The Balaban J connectivity index is 3.93. The number of carbonyl (C=O) groups excluding carboxylic acids is 1. The first-order valence-corrected chi connectivity index (χ1v) is 3.80. The molecule has 0 radical (unpaired) electrons. The van der Waals surface area contributed by atoms with Crippen LogP contribution in [0.3, 0.4) is 0 Å². The third-order valence-electron chi connectivity index (χ3n) is 1.44. The number of aliphatic hydroxyl groups is 1. The first kappa shape index (κ1) is 10.4. The van der Waals surface area contributed by atoms with E-state index in [-0.39, 0.29) is 11.7 Å². The molecule has 1 atom stereocenters. The number of Topliss-reactive ketones (excluding diaryl/α,β-unsaturated/α-hetero) is 1. The molecule has 0 bridgehead atoms. The molecule has 0 rings (SSSR count). The summed E-state index contributed by atoms with van der Waals surface area (Å²) in [6, 6.07) is 0. The van der Waals surface area contributed by atoms with Crippen LogP contribution in [0, 0.1) is 5.92 Å². The minimum atomic E-state index is -0.827. The summed E-state index contributed by atoms with van der Waals surface area (Å²) in [5.74, 6) is -0.130. The molecule has 2 nitrogen and oxygen atoms in total. The number of ketones is 1. The second-order valence-electron chi connectivity index (χ2n) is 3.29. The highest BCUT2D eigenvalue weighted by molar-refractivity contribution is 5.84. The fraction of sp³-hybridized carbons (Fsp3) is 0.667. The fourth-order valence-corrected chi connectivity index (χ4v) is 0.774. The summed E-state index contributed by atoms with van der Waals surface area (Å²) in [5, 5.41) is 9.25. The first-order chi connectivity index (χ1) is 4.95. The molecule has 1 unspecified atom stereocenters. The normalized spacial score (nSPS) is 13.2. The Morgan fingerprint density at radius 1 is 1.55 bits per heavy atom. The Labute approximate surface area is 67.9 Å². The van der Waals surface area contributed by atoms with Gasteiger partial charge in [-0.1, -0.05) is 26.0 Å². The molecule has 0 aliphatic heterocycles. The lowest BCUT2D eigenvalue weighted by Gasteiger charge is -2.12. The molecule has 2 heteroatoms. The lowest BCUT2D eigenvalue weighted by atomic mass is 9.99. The average molecular weight is 156 g/mol. The van der Waals surface area contributed by atoms with Gasteiger partial charge < -0.3 is 5.11 Å². The van der Waals surface area contributed by atoms with Crippen LogP contribution >= 0.6 is 0 Å². The third-order valence-corrected chi connectivity index (χ3v) is 1.44. The van der Waals surface area contributed by atoms with Crippen LogP contribution in [0.1, 0.15) is 27.2 Å². The molecule has 0 spiro atoms. The lowest BCUT2D eigenvalue weighted by molar-refractivity contribution is -0.128. The lowest BCUT2D eigenvalue weighted by Crippen LogP contribution is -2.25. The van der Waals surface area contributed by atoms with Gasteiger partial charge in [-0.05, 0) is 12.8 Å². The Morgan fingerprint density at radius 2 is 2.00 bits per heavy atom. The van der Waals surface area contributed by atoms with Crippen LogP contribution in [-0.2, 0) is 4.79 Å². The van der Waals surface area contributed by atoms with Gasteiger partial charge in [0.25, 0.3) is 0 Å². The predicted molar refractivity (Wildman–Crippen MR) is 45.3 cm³/mol. The third kappa shape index (κ3) is 3.94. The summed E-state index contributed by atoms with van der Waals surface area (Å²) in [5.41, 5.74) is 0.801. The maximum Gasteiger partial charge on any atom is 0.165 e. The standard InChI is InChI=1S/C9H16O2/c1-6(2)5-8(10)9(11)7(3)4/h7,9,11H,1,5H2,2-4H3. The van der Waals surface area contributed by atoms with E-state index in [9.17, 15) is 9.90 Å².